The summed E-state index contributed by atoms with van der Waals surface area (Å²) in [7, 11) is 0. The molecule has 0 spiro atoms. The van der Waals surface area contributed by atoms with E-state index >= 15 is 0 Å². The van der Waals surface area contributed by atoms with E-state index in [0.717, 1.165) is 30.9 Å². The molecule has 0 fully saturated rings. The first-order valence-electron chi connectivity index (χ1n) is 8.44. The summed E-state index contributed by atoms with van der Waals surface area (Å²) in [5.74, 6) is 1.85. The van der Waals surface area contributed by atoms with E-state index in [1.165, 1.54) is 10.5 Å². The highest BCUT2D eigenvalue weighted by atomic mass is 32.2. The van der Waals surface area contributed by atoms with Crippen LogP contribution in [0.2, 0.25) is 0 Å². The number of rotatable bonds is 10. The molecule has 0 heterocycles. The zero-order valence-corrected chi connectivity index (χ0v) is 15.0. The number of nitrogens with one attached hydrogen (secondary N) is 1. The average Bonchev–Trinajstić information content (AvgIpc) is 2.61. The Labute approximate surface area is 148 Å². The fourth-order valence-corrected chi connectivity index (χ4v) is 3.18. The first-order chi connectivity index (χ1) is 11.8. The van der Waals surface area contributed by atoms with Gasteiger partial charge in [-0.25, -0.2) is 0 Å². The van der Waals surface area contributed by atoms with Crippen LogP contribution >= 0.6 is 11.8 Å². The lowest BCUT2D eigenvalue weighted by molar-refractivity contribution is -0.120. The van der Waals surface area contributed by atoms with Crippen molar-refractivity contribution in [1.82, 2.24) is 5.32 Å². The molecule has 0 aliphatic rings. The van der Waals surface area contributed by atoms with Crippen molar-refractivity contribution in [3.05, 3.63) is 60.2 Å². The van der Waals surface area contributed by atoms with Crippen LogP contribution in [0.4, 0.5) is 0 Å². The second-order valence-electron chi connectivity index (χ2n) is 5.44. The summed E-state index contributed by atoms with van der Waals surface area (Å²) >= 11 is 1.72. The molecule has 2 aromatic rings. The van der Waals surface area contributed by atoms with E-state index in [0.29, 0.717) is 13.0 Å². The summed E-state index contributed by atoms with van der Waals surface area (Å²) in [6.45, 7) is 3.39. The van der Waals surface area contributed by atoms with Crippen LogP contribution in [0.25, 0.3) is 0 Å². The van der Waals surface area contributed by atoms with Crippen LogP contribution in [0.3, 0.4) is 0 Å². The summed E-state index contributed by atoms with van der Waals surface area (Å²) < 4.78 is 5.43. The lowest BCUT2D eigenvalue weighted by Crippen LogP contribution is -2.24. The van der Waals surface area contributed by atoms with Gasteiger partial charge in [-0.05, 0) is 49.6 Å². The number of hydrogen-bond acceptors (Lipinski definition) is 3. The Bertz CT molecular complexity index is 599. The number of ether oxygens (including phenoxy) is 1. The molecule has 2 aromatic carbocycles. The zero-order valence-electron chi connectivity index (χ0n) is 14.2. The van der Waals surface area contributed by atoms with Crippen molar-refractivity contribution in [1.29, 1.82) is 0 Å². The minimum atomic E-state index is 0.130. The average molecular weight is 343 g/mol. The van der Waals surface area contributed by atoms with Crippen molar-refractivity contribution in [2.75, 3.05) is 18.9 Å². The maximum Gasteiger partial charge on any atom is 0.220 e. The van der Waals surface area contributed by atoms with Gasteiger partial charge < -0.3 is 10.1 Å². The molecule has 0 bridgehead atoms. The van der Waals surface area contributed by atoms with E-state index in [2.05, 4.69) is 29.6 Å². The van der Waals surface area contributed by atoms with Crippen molar-refractivity contribution in [2.24, 2.45) is 0 Å². The van der Waals surface area contributed by atoms with Crippen LogP contribution < -0.4 is 10.1 Å². The second-order valence-corrected chi connectivity index (χ2v) is 6.61. The van der Waals surface area contributed by atoms with Crippen molar-refractivity contribution in [3.8, 4) is 5.75 Å². The molecule has 0 aliphatic heterocycles. The van der Waals surface area contributed by atoms with Crippen LogP contribution in [0, 0.1) is 0 Å². The molecular formula is C20H25NO2S. The molecule has 0 unspecified atom stereocenters. The van der Waals surface area contributed by atoms with E-state index in [1.54, 1.807) is 11.8 Å². The molecule has 24 heavy (non-hydrogen) atoms. The highest BCUT2D eigenvalue weighted by Gasteiger charge is 2.02. The lowest BCUT2D eigenvalue weighted by atomic mass is 10.1. The number of amides is 1. The third-order valence-electron chi connectivity index (χ3n) is 3.54. The molecule has 1 amide bonds. The van der Waals surface area contributed by atoms with Crippen molar-refractivity contribution < 1.29 is 9.53 Å². The Morgan fingerprint density at radius 3 is 2.54 bits per heavy atom. The summed E-state index contributed by atoms with van der Waals surface area (Å²) in [6.07, 6.45) is 2.47. The molecule has 3 nitrogen and oxygen atoms in total. The second kappa shape index (κ2) is 10.8. The molecular weight excluding hydrogens is 318 g/mol. The maximum absolute atomic E-state index is 11.8. The van der Waals surface area contributed by atoms with Gasteiger partial charge in [-0.2, -0.15) is 0 Å². The van der Waals surface area contributed by atoms with E-state index < -0.39 is 0 Å². The van der Waals surface area contributed by atoms with E-state index in [9.17, 15) is 4.79 Å². The number of hydrogen-bond donors (Lipinski definition) is 1. The first-order valence-corrected chi connectivity index (χ1v) is 9.43. The molecule has 128 valence electrons. The summed E-state index contributed by atoms with van der Waals surface area (Å²) in [6, 6.07) is 18.3. The van der Waals surface area contributed by atoms with Crippen LogP contribution in [0.15, 0.2) is 59.5 Å². The lowest BCUT2D eigenvalue weighted by Gasteiger charge is -2.07. The van der Waals surface area contributed by atoms with E-state index in [1.807, 2.05) is 37.3 Å². The van der Waals surface area contributed by atoms with Gasteiger partial charge in [-0.3, -0.25) is 4.79 Å². The highest BCUT2D eigenvalue weighted by molar-refractivity contribution is 7.99. The molecule has 0 saturated carbocycles. The quantitative estimate of drug-likeness (QED) is 0.516. The minimum absolute atomic E-state index is 0.130. The van der Waals surface area contributed by atoms with Gasteiger partial charge in [0.1, 0.15) is 5.75 Å². The predicted molar refractivity (Wildman–Crippen MR) is 101 cm³/mol. The maximum atomic E-state index is 11.8. The number of carbonyl (C=O) groups excluding carboxylic acids is 1. The third kappa shape index (κ3) is 7.09. The first kappa shape index (κ1) is 18.4. The summed E-state index contributed by atoms with van der Waals surface area (Å²) in [5.41, 5.74) is 1.27. The Kier molecular flexibility index (Phi) is 8.25. The Balaban J connectivity index is 1.55. The van der Waals surface area contributed by atoms with Gasteiger partial charge >= 0.3 is 0 Å². The Morgan fingerprint density at radius 2 is 1.83 bits per heavy atom. The van der Waals surface area contributed by atoms with Gasteiger partial charge in [-0.1, -0.05) is 30.3 Å². The molecule has 0 atom stereocenters. The largest absolute Gasteiger partial charge is 0.494 e. The topological polar surface area (TPSA) is 38.3 Å². The summed E-state index contributed by atoms with van der Waals surface area (Å²) in [4.78, 5) is 13.0. The standard InChI is InChI=1S/C20H25NO2S/c1-2-23-18-12-10-17(11-13-18)7-6-15-21-20(22)14-16-24-19-8-4-3-5-9-19/h3-5,8-13H,2,6-7,14-16H2,1H3,(H,21,22). The molecule has 0 radical (unpaired) electrons. The number of benzene rings is 2. The van der Waals surface area contributed by atoms with Crippen LogP contribution in [-0.4, -0.2) is 24.8 Å². The SMILES string of the molecule is CCOc1ccc(CCCNC(=O)CCSc2ccccc2)cc1. The molecule has 0 aliphatic carbocycles. The van der Waals surface area contributed by atoms with Crippen LogP contribution in [0.5, 0.6) is 5.75 Å². The molecule has 4 heteroatoms. The van der Waals surface area contributed by atoms with E-state index in [4.69, 9.17) is 4.74 Å². The van der Waals surface area contributed by atoms with Crippen molar-refractivity contribution >= 4 is 17.7 Å². The van der Waals surface area contributed by atoms with Gasteiger partial charge in [0.2, 0.25) is 5.91 Å². The fraction of sp³-hybridized carbons (Fsp3) is 0.350. The number of thioether (sulfide) groups is 1. The van der Waals surface area contributed by atoms with Crippen molar-refractivity contribution in [2.45, 2.75) is 31.1 Å². The van der Waals surface area contributed by atoms with E-state index in [-0.39, 0.29) is 5.91 Å². The van der Waals surface area contributed by atoms with Gasteiger partial charge in [0.15, 0.2) is 0 Å². The minimum Gasteiger partial charge on any atom is -0.494 e. The monoisotopic (exact) mass is 343 g/mol. The Hall–Kier alpha value is -1.94. The van der Waals surface area contributed by atoms with Gasteiger partial charge in [0.25, 0.3) is 0 Å². The molecule has 1 N–H and O–H groups in total. The Morgan fingerprint density at radius 1 is 1.08 bits per heavy atom. The van der Waals surface area contributed by atoms with Crippen molar-refractivity contribution in [3.63, 3.8) is 0 Å². The van der Waals surface area contributed by atoms with Crippen LogP contribution in [0.1, 0.15) is 25.3 Å². The van der Waals surface area contributed by atoms with Gasteiger partial charge in [0, 0.05) is 23.6 Å². The molecule has 0 aromatic heterocycles. The smallest absolute Gasteiger partial charge is 0.220 e. The number of carbonyl (C=O) groups is 1. The predicted octanol–water partition coefficient (Wildman–Crippen LogP) is 4.32. The summed E-state index contributed by atoms with van der Waals surface area (Å²) in [5, 5.41) is 2.99. The zero-order chi connectivity index (χ0) is 17.0. The molecule has 0 saturated heterocycles. The highest BCUT2D eigenvalue weighted by Crippen LogP contribution is 2.17. The van der Waals surface area contributed by atoms with Gasteiger partial charge in [-0.15, -0.1) is 11.8 Å². The third-order valence-corrected chi connectivity index (χ3v) is 4.55. The molecule has 2 rings (SSSR count). The van der Waals surface area contributed by atoms with Crippen LogP contribution in [-0.2, 0) is 11.2 Å². The van der Waals surface area contributed by atoms with Gasteiger partial charge in [0.05, 0.1) is 6.61 Å². The number of aryl methyl sites for hydroxylation is 1. The fourth-order valence-electron chi connectivity index (χ4n) is 2.31. The normalized spacial score (nSPS) is 10.4.